The molecule has 0 radical (unpaired) electrons. The van der Waals surface area contributed by atoms with E-state index in [1.807, 2.05) is 55.1 Å². The van der Waals surface area contributed by atoms with Crippen LogP contribution in [0.15, 0.2) is 70.7 Å². The highest BCUT2D eigenvalue weighted by molar-refractivity contribution is 7.99. The molecule has 4 aromatic rings. The molecule has 1 amide bonds. The lowest BCUT2D eigenvalue weighted by Crippen LogP contribution is -2.25. The maximum absolute atomic E-state index is 13.4. The molecule has 0 atom stereocenters. The van der Waals surface area contributed by atoms with Gasteiger partial charge in [-0.15, -0.1) is 0 Å². The molecule has 0 fully saturated rings. The zero-order chi connectivity index (χ0) is 24.2. The van der Waals surface area contributed by atoms with Crippen LogP contribution in [0.1, 0.15) is 30.6 Å². The fraction of sp³-hybridized carbons (Fsp3) is 0.231. The average molecular weight is 475 g/mol. The van der Waals surface area contributed by atoms with E-state index in [0.29, 0.717) is 34.0 Å². The molecule has 34 heavy (non-hydrogen) atoms. The average Bonchev–Trinajstić information content (AvgIpc) is 3.16. The Hall–Kier alpha value is -3.65. The number of hydrogen-bond acceptors (Lipinski definition) is 5. The van der Waals surface area contributed by atoms with Crippen molar-refractivity contribution in [1.82, 2.24) is 14.1 Å². The topological polar surface area (TPSA) is 86.0 Å². The van der Waals surface area contributed by atoms with Gasteiger partial charge in [-0.05, 0) is 31.0 Å². The molecule has 2 heterocycles. The fourth-order valence-corrected chi connectivity index (χ4v) is 4.67. The zero-order valence-corrected chi connectivity index (χ0v) is 20.2. The Labute approximate surface area is 201 Å². The molecule has 7 nitrogen and oxygen atoms in total. The molecule has 0 bridgehead atoms. The number of anilines is 1. The van der Waals surface area contributed by atoms with Crippen LogP contribution >= 0.6 is 11.8 Å². The lowest BCUT2D eigenvalue weighted by atomic mass is 10.1. The summed E-state index contributed by atoms with van der Waals surface area (Å²) >= 11 is 1.23. The van der Waals surface area contributed by atoms with Crippen molar-refractivity contribution in [3.63, 3.8) is 0 Å². The minimum absolute atomic E-state index is 0.0661. The molecule has 0 spiro atoms. The van der Waals surface area contributed by atoms with Gasteiger partial charge in [-0.2, -0.15) is 0 Å². The van der Waals surface area contributed by atoms with Gasteiger partial charge in [0.15, 0.2) is 10.9 Å². The number of aromatic nitrogens is 3. The van der Waals surface area contributed by atoms with Gasteiger partial charge in [0, 0.05) is 36.6 Å². The van der Waals surface area contributed by atoms with Crippen molar-refractivity contribution in [1.29, 1.82) is 0 Å². The first-order chi connectivity index (χ1) is 16.4. The molecule has 0 unspecified atom stereocenters. The molecule has 2 aromatic carbocycles. The van der Waals surface area contributed by atoms with E-state index in [2.05, 4.69) is 5.32 Å². The summed E-state index contributed by atoms with van der Waals surface area (Å²) in [6.45, 7) is 4.00. The molecule has 0 saturated heterocycles. The minimum Gasteiger partial charge on any atom is -0.344 e. The number of amides is 1. The van der Waals surface area contributed by atoms with E-state index in [4.69, 9.17) is 4.98 Å². The highest BCUT2D eigenvalue weighted by atomic mass is 32.2. The maximum Gasteiger partial charge on any atom is 0.278 e. The van der Waals surface area contributed by atoms with Crippen LogP contribution in [-0.4, -0.2) is 31.6 Å². The van der Waals surface area contributed by atoms with E-state index in [1.165, 1.54) is 18.7 Å². The third-order valence-electron chi connectivity index (χ3n) is 5.46. The van der Waals surface area contributed by atoms with Gasteiger partial charge in [-0.3, -0.25) is 19.0 Å². The van der Waals surface area contributed by atoms with Crippen LogP contribution in [0, 0.1) is 0 Å². The van der Waals surface area contributed by atoms with Gasteiger partial charge in [-0.1, -0.05) is 61.2 Å². The van der Waals surface area contributed by atoms with E-state index in [0.717, 1.165) is 17.5 Å². The first kappa shape index (κ1) is 23.5. The predicted octanol–water partition coefficient (Wildman–Crippen LogP) is 4.75. The normalized spacial score (nSPS) is 11.0. The van der Waals surface area contributed by atoms with Gasteiger partial charge in [0.25, 0.3) is 5.56 Å². The van der Waals surface area contributed by atoms with Crippen molar-refractivity contribution < 1.29 is 9.59 Å². The van der Waals surface area contributed by atoms with Crippen molar-refractivity contribution in [2.24, 2.45) is 7.05 Å². The number of Topliss-reactive ketones (excluding diaryl/α,β-unsaturated/α-hetero) is 1. The number of nitrogens with one attached hydrogen (secondary N) is 1. The number of hydrogen-bond donors (Lipinski definition) is 1. The lowest BCUT2D eigenvalue weighted by molar-refractivity contribution is -0.113. The molecule has 0 saturated carbocycles. The molecular formula is C26H26N4O3S. The summed E-state index contributed by atoms with van der Waals surface area (Å²) in [5, 5.41) is 3.33. The number of rotatable bonds is 8. The minimum atomic E-state index is -0.237. The summed E-state index contributed by atoms with van der Waals surface area (Å²) in [7, 11) is 1.85. The number of thioether (sulfide) groups is 1. The Kier molecular flexibility index (Phi) is 6.98. The Morgan fingerprint density at radius 1 is 1.09 bits per heavy atom. The van der Waals surface area contributed by atoms with Crippen LogP contribution < -0.4 is 10.9 Å². The first-order valence-electron chi connectivity index (χ1n) is 11.1. The zero-order valence-electron chi connectivity index (χ0n) is 19.4. The Morgan fingerprint density at radius 3 is 2.56 bits per heavy atom. The second-order valence-electron chi connectivity index (χ2n) is 8.04. The Bertz CT molecular complexity index is 1420. The number of aryl methyl sites for hydroxylation is 1. The molecule has 1 N–H and O–H groups in total. The van der Waals surface area contributed by atoms with Crippen LogP contribution in [-0.2, 0) is 18.4 Å². The SMILES string of the molecule is CCCn1c(SCC(=O)Nc2cccc(C(C)=O)c2)nc2c(-c3ccccc3)cn(C)c2c1=O. The van der Waals surface area contributed by atoms with Gasteiger partial charge in [0.05, 0.1) is 5.75 Å². The first-order valence-corrected chi connectivity index (χ1v) is 12.1. The van der Waals surface area contributed by atoms with Gasteiger partial charge in [0.1, 0.15) is 11.0 Å². The third kappa shape index (κ3) is 4.82. The number of carbonyl (C=O) groups is 2. The highest BCUT2D eigenvalue weighted by Gasteiger charge is 2.19. The number of carbonyl (C=O) groups excluding carboxylic acids is 2. The number of ketones is 1. The van der Waals surface area contributed by atoms with Crippen LogP contribution in [0.5, 0.6) is 0 Å². The molecule has 8 heteroatoms. The second kappa shape index (κ2) is 10.1. The molecule has 0 aliphatic heterocycles. The Morgan fingerprint density at radius 2 is 1.85 bits per heavy atom. The largest absolute Gasteiger partial charge is 0.344 e. The van der Waals surface area contributed by atoms with Crippen molar-refractivity contribution in [2.75, 3.05) is 11.1 Å². The number of benzene rings is 2. The standard InChI is InChI=1S/C26H26N4O3S/c1-4-13-30-25(33)24-23(21(15-29(24)3)18-9-6-5-7-10-18)28-26(30)34-16-22(32)27-20-12-8-11-19(14-20)17(2)31/h5-12,14-15H,4,13,16H2,1-3H3,(H,27,32). The fourth-order valence-electron chi connectivity index (χ4n) is 3.85. The summed E-state index contributed by atoms with van der Waals surface area (Å²) in [6.07, 6.45) is 2.69. The summed E-state index contributed by atoms with van der Waals surface area (Å²) in [4.78, 5) is 42.5. The van der Waals surface area contributed by atoms with Crippen molar-refractivity contribution in [3.05, 3.63) is 76.7 Å². The van der Waals surface area contributed by atoms with Crippen molar-refractivity contribution >= 4 is 40.2 Å². The molecule has 174 valence electrons. The van der Waals surface area contributed by atoms with E-state index < -0.39 is 0 Å². The molecule has 0 aliphatic rings. The van der Waals surface area contributed by atoms with E-state index in [-0.39, 0.29) is 23.0 Å². The molecule has 2 aromatic heterocycles. The summed E-state index contributed by atoms with van der Waals surface area (Å²) in [5.74, 6) is -0.220. The van der Waals surface area contributed by atoms with E-state index >= 15 is 0 Å². The molecular weight excluding hydrogens is 448 g/mol. The van der Waals surface area contributed by atoms with E-state index in [1.54, 1.807) is 28.8 Å². The van der Waals surface area contributed by atoms with Crippen LogP contribution in [0.25, 0.3) is 22.2 Å². The monoisotopic (exact) mass is 474 g/mol. The highest BCUT2D eigenvalue weighted by Crippen LogP contribution is 2.29. The summed E-state index contributed by atoms with van der Waals surface area (Å²) in [5.41, 5.74) is 4.01. The van der Waals surface area contributed by atoms with Crippen molar-refractivity contribution in [2.45, 2.75) is 32.0 Å². The third-order valence-corrected chi connectivity index (χ3v) is 6.43. The number of fused-ring (bicyclic) bond motifs is 1. The summed E-state index contributed by atoms with van der Waals surface area (Å²) in [6, 6.07) is 16.7. The second-order valence-corrected chi connectivity index (χ2v) is 8.98. The van der Waals surface area contributed by atoms with Gasteiger partial charge >= 0.3 is 0 Å². The number of nitrogens with zero attached hydrogens (tertiary/aromatic N) is 3. The molecule has 4 rings (SSSR count). The predicted molar refractivity (Wildman–Crippen MR) is 137 cm³/mol. The Balaban J connectivity index is 1.65. The smallest absolute Gasteiger partial charge is 0.278 e. The van der Waals surface area contributed by atoms with Crippen LogP contribution in [0.4, 0.5) is 5.69 Å². The van der Waals surface area contributed by atoms with Gasteiger partial charge in [0.2, 0.25) is 5.91 Å². The van der Waals surface area contributed by atoms with Crippen LogP contribution in [0.3, 0.4) is 0 Å². The van der Waals surface area contributed by atoms with Gasteiger partial charge < -0.3 is 9.88 Å². The quantitative estimate of drug-likeness (QED) is 0.226. The van der Waals surface area contributed by atoms with Crippen molar-refractivity contribution in [3.8, 4) is 11.1 Å². The summed E-state index contributed by atoms with van der Waals surface area (Å²) < 4.78 is 3.47. The maximum atomic E-state index is 13.4. The lowest BCUT2D eigenvalue weighted by Gasteiger charge is -2.12. The van der Waals surface area contributed by atoms with Gasteiger partial charge in [-0.25, -0.2) is 4.98 Å². The molecule has 0 aliphatic carbocycles. The van der Waals surface area contributed by atoms with Crippen LogP contribution in [0.2, 0.25) is 0 Å². The van der Waals surface area contributed by atoms with E-state index in [9.17, 15) is 14.4 Å².